The van der Waals surface area contributed by atoms with Crippen LogP contribution in [0.5, 0.6) is 0 Å². The second-order valence-corrected chi connectivity index (χ2v) is 7.88. The number of rotatable bonds is 4. The smallest absolute Gasteiger partial charge is 0.338 e. The molecule has 0 saturated heterocycles. The van der Waals surface area contributed by atoms with E-state index in [2.05, 4.69) is 28.1 Å². The molecule has 0 radical (unpaired) electrons. The maximum absolute atomic E-state index is 11.9. The summed E-state index contributed by atoms with van der Waals surface area (Å²) >= 11 is 3.47. The Morgan fingerprint density at radius 1 is 1.07 bits per heavy atom. The van der Waals surface area contributed by atoms with Gasteiger partial charge in [0.25, 0.3) is 0 Å². The zero-order valence-electron chi connectivity index (χ0n) is 16.6. The Morgan fingerprint density at radius 2 is 1.77 bits per heavy atom. The summed E-state index contributed by atoms with van der Waals surface area (Å²) in [5.41, 5.74) is 5.51. The van der Waals surface area contributed by atoms with E-state index in [4.69, 9.17) is 10.1 Å². The van der Waals surface area contributed by atoms with Crippen molar-refractivity contribution in [1.82, 2.24) is 0 Å². The summed E-state index contributed by atoms with van der Waals surface area (Å²) in [6.07, 6.45) is 2.05. The number of benzene rings is 3. The molecule has 0 aromatic heterocycles. The predicted octanol–water partition coefficient (Wildman–Crippen LogP) is 6.16. The van der Waals surface area contributed by atoms with Gasteiger partial charge in [-0.05, 0) is 66.1 Å². The average molecular weight is 461 g/mol. The number of carbonyl (C=O) groups excluding carboxylic acids is 1. The van der Waals surface area contributed by atoms with Crippen LogP contribution in [0.1, 0.15) is 34.0 Å². The van der Waals surface area contributed by atoms with Crippen molar-refractivity contribution in [1.29, 1.82) is 5.41 Å². The van der Waals surface area contributed by atoms with Gasteiger partial charge in [-0.2, -0.15) is 0 Å². The number of nitrogens with one attached hydrogen (secondary N) is 1. The zero-order chi connectivity index (χ0) is 21.1. The third kappa shape index (κ3) is 4.07. The van der Waals surface area contributed by atoms with E-state index < -0.39 is 0 Å². The molecule has 1 aliphatic heterocycles. The standard InChI is InChI=1S/C25H21BrN2O2/c1-2-30-25(29)18-9-13-21(14-10-18)28-16-19-5-3-4-6-22(19)23(24(28)27)15-17-7-11-20(26)12-8-17/h3-15,27H,2,16H2,1H3/b23-15+,27-24?. The molecular formula is C25H21BrN2O2. The molecule has 0 saturated carbocycles. The fraction of sp³-hybridized carbons (Fsp3) is 0.120. The number of esters is 1. The molecule has 150 valence electrons. The number of ether oxygens (including phenoxy) is 1. The second kappa shape index (κ2) is 8.67. The van der Waals surface area contributed by atoms with Crippen LogP contribution >= 0.6 is 15.9 Å². The minimum atomic E-state index is -0.334. The van der Waals surface area contributed by atoms with Gasteiger partial charge in [0.2, 0.25) is 0 Å². The molecule has 0 atom stereocenters. The molecule has 4 nitrogen and oxygen atoms in total. The molecule has 3 aromatic carbocycles. The molecular weight excluding hydrogens is 440 g/mol. The van der Waals surface area contributed by atoms with E-state index in [0.29, 0.717) is 24.6 Å². The average Bonchev–Trinajstić information content (AvgIpc) is 2.77. The van der Waals surface area contributed by atoms with Gasteiger partial charge in [-0.25, -0.2) is 4.79 Å². The Balaban J connectivity index is 1.72. The van der Waals surface area contributed by atoms with Crippen LogP contribution in [0.2, 0.25) is 0 Å². The van der Waals surface area contributed by atoms with Gasteiger partial charge in [0, 0.05) is 15.7 Å². The highest BCUT2D eigenvalue weighted by atomic mass is 79.9. The van der Waals surface area contributed by atoms with Crippen LogP contribution in [-0.2, 0) is 11.3 Å². The van der Waals surface area contributed by atoms with Crippen LogP contribution in [0.15, 0.2) is 77.3 Å². The molecule has 0 fully saturated rings. The summed E-state index contributed by atoms with van der Waals surface area (Å²) in [5.74, 6) is 0.0967. The van der Waals surface area contributed by atoms with Gasteiger partial charge < -0.3 is 9.64 Å². The van der Waals surface area contributed by atoms with E-state index in [1.54, 1.807) is 19.1 Å². The van der Waals surface area contributed by atoms with Gasteiger partial charge in [-0.1, -0.05) is 52.3 Å². The van der Waals surface area contributed by atoms with E-state index in [0.717, 1.165) is 32.4 Å². The van der Waals surface area contributed by atoms with Crippen LogP contribution in [0.25, 0.3) is 11.6 Å². The van der Waals surface area contributed by atoms with Crippen molar-refractivity contribution in [2.75, 3.05) is 11.5 Å². The van der Waals surface area contributed by atoms with Gasteiger partial charge in [0.05, 0.1) is 18.7 Å². The first kappa shape index (κ1) is 20.1. The van der Waals surface area contributed by atoms with Crippen molar-refractivity contribution in [2.45, 2.75) is 13.5 Å². The van der Waals surface area contributed by atoms with Crippen LogP contribution in [-0.4, -0.2) is 18.4 Å². The van der Waals surface area contributed by atoms with Crippen LogP contribution in [0, 0.1) is 5.41 Å². The van der Waals surface area contributed by atoms with Crippen molar-refractivity contribution in [3.8, 4) is 0 Å². The molecule has 0 spiro atoms. The highest BCUT2D eigenvalue weighted by Crippen LogP contribution is 2.33. The minimum Gasteiger partial charge on any atom is -0.462 e. The molecule has 1 N–H and O–H groups in total. The number of carbonyl (C=O) groups is 1. The molecule has 0 aliphatic carbocycles. The highest BCUT2D eigenvalue weighted by molar-refractivity contribution is 9.10. The molecule has 30 heavy (non-hydrogen) atoms. The normalized spacial score (nSPS) is 14.5. The SMILES string of the molecule is CCOC(=O)c1ccc(N2Cc3ccccc3/C(=C\c3ccc(Br)cc3)C2=N)cc1. The maximum atomic E-state index is 11.9. The summed E-state index contributed by atoms with van der Waals surface area (Å²) in [5, 5.41) is 8.92. The van der Waals surface area contributed by atoms with Crippen molar-refractivity contribution in [2.24, 2.45) is 0 Å². The lowest BCUT2D eigenvalue weighted by atomic mass is 9.92. The Kier molecular flexibility index (Phi) is 5.81. The van der Waals surface area contributed by atoms with E-state index in [1.807, 2.05) is 59.5 Å². The summed E-state index contributed by atoms with van der Waals surface area (Å²) in [6.45, 7) is 2.74. The lowest BCUT2D eigenvalue weighted by Crippen LogP contribution is -2.34. The Morgan fingerprint density at radius 3 is 2.47 bits per heavy atom. The molecule has 1 aliphatic rings. The van der Waals surface area contributed by atoms with Gasteiger partial charge in [0.1, 0.15) is 5.84 Å². The number of hydrogen-bond donors (Lipinski definition) is 1. The third-order valence-electron chi connectivity index (χ3n) is 5.03. The van der Waals surface area contributed by atoms with Crippen molar-refractivity contribution >= 4 is 45.1 Å². The quantitative estimate of drug-likeness (QED) is 0.474. The molecule has 4 rings (SSSR count). The fourth-order valence-electron chi connectivity index (χ4n) is 3.53. The summed E-state index contributed by atoms with van der Waals surface area (Å²) < 4.78 is 6.09. The summed E-state index contributed by atoms with van der Waals surface area (Å²) in [6, 6.07) is 23.5. The maximum Gasteiger partial charge on any atom is 0.338 e. The van der Waals surface area contributed by atoms with Crippen LogP contribution < -0.4 is 4.90 Å². The Bertz CT molecular complexity index is 1120. The third-order valence-corrected chi connectivity index (χ3v) is 5.56. The van der Waals surface area contributed by atoms with Gasteiger partial charge in [0.15, 0.2) is 0 Å². The molecule has 5 heteroatoms. The number of amidine groups is 1. The van der Waals surface area contributed by atoms with Crippen molar-refractivity contribution in [3.05, 3.63) is 99.5 Å². The number of hydrogen-bond acceptors (Lipinski definition) is 3. The lowest BCUT2D eigenvalue weighted by molar-refractivity contribution is 0.0526. The minimum absolute atomic E-state index is 0.334. The monoisotopic (exact) mass is 460 g/mol. The van der Waals surface area contributed by atoms with E-state index in [-0.39, 0.29) is 5.97 Å². The Labute approximate surface area is 184 Å². The molecule has 3 aromatic rings. The van der Waals surface area contributed by atoms with E-state index in [9.17, 15) is 4.79 Å². The van der Waals surface area contributed by atoms with E-state index in [1.165, 1.54) is 0 Å². The first-order valence-corrected chi connectivity index (χ1v) is 10.6. The number of fused-ring (bicyclic) bond motifs is 1. The second-order valence-electron chi connectivity index (χ2n) is 6.97. The topological polar surface area (TPSA) is 53.4 Å². The van der Waals surface area contributed by atoms with E-state index >= 15 is 0 Å². The van der Waals surface area contributed by atoms with Crippen LogP contribution in [0.4, 0.5) is 5.69 Å². The Hall–Kier alpha value is -3.18. The molecule has 1 heterocycles. The first-order valence-electron chi connectivity index (χ1n) is 9.76. The first-order chi connectivity index (χ1) is 14.6. The molecule has 0 amide bonds. The van der Waals surface area contributed by atoms with Gasteiger partial charge >= 0.3 is 5.97 Å². The summed E-state index contributed by atoms with van der Waals surface area (Å²) in [7, 11) is 0. The molecule has 0 bridgehead atoms. The molecule has 0 unspecified atom stereocenters. The largest absolute Gasteiger partial charge is 0.462 e. The number of nitrogens with zero attached hydrogens (tertiary/aromatic N) is 1. The highest BCUT2D eigenvalue weighted by Gasteiger charge is 2.26. The fourth-order valence-corrected chi connectivity index (χ4v) is 3.79. The van der Waals surface area contributed by atoms with Gasteiger partial charge in [-0.3, -0.25) is 5.41 Å². The predicted molar refractivity (Wildman–Crippen MR) is 125 cm³/mol. The number of anilines is 1. The zero-order valence-corrected chi connectivity index (χ0v) is 18.1. The van der Waals surface area contributed by atoms with Gasteiger partial charge in [-0.15, -0.1) is 0 Å². The summed E-state index contributed by atoms with van der Waals surface area (Å²) in [4.78, 5) is 13.9. The van der Waals surface area contributed by atoms with Crippen molar-refractivity contribution < 1.29 is 9.53 Å². The van der Waals surface area contributed by atoms with Crippen LogP contribution in [0.3, 0.4) is 0 Å². The number of halogens is 1. The lowest BCUT2D eigenvalue weighted by Gasteiger charge is -2.33. The van der Waals surface area contributed by atoms with Crippen molar-refractivity contribution in [3.63, 3.8) is 0 Å².